The number of H-pyrrole nitrogens is 1. The maximum absolute atomic E-state index is 13.4. The Morgan fingerprint density at radius 1 is 1.03 bits per heavy atom. The second-order valence-electron chi connectivity index (χ2n) is 7.48. The smallest absolute Gasteiger partial charge is 0.341 e. The Hall–Kier alpha value is -3.94. The molecular weight excluding hydrogens is 427 g/mol. The normalized spacial score (nSPS) is 15.4. The number of amides is 1. The van der Waals surface area contributed by atoms with Gasteiger partial charge in [-0.15, -0.1) is 0 Å². The number of rotatable bonds is 5. The minimum absolute atomic E-state index is 0.116. The number of hydrogen-bond donors (Lipinski definition) is 1. The monoisotopic (exact) mass is 450 g/mol. The minimum atomic E-state index is -1.03. The van der Waals surface area contributed by atoms with E-state index < -0.39 is 29.7 Å². The van der Waals surface area contributed by atoms with E-state index in [9.17, 15) is 18.8 Å². The van der Waals surface area contributed by atoms with E-state index >= 15 is 0 Å². The summed E-state index contributed by atoms with van der Waals surface area (Å²) in [6.45, 7) is 3.63. The van der Waals surface area contributed by atoms with Crippen LogP contribution in [0.5, 0.6) is 0 Å². The van der Waals surface area contributed by atoms with Crippen molar-refractivity contribution >= 4 is 34.3 Å². The van der Waals surface area contributed by atoms with Crippen LogP contribution in [0.4, 0.5) is 4.39 Å². The van der Waals surface area contributed by atoms with Gasteiger partial charge in [0.2, 0.25) is 0 Å². The van der Waals surface area contributed by atoms with Crippen molar-refractivity contribution in [3.8, 4) is 0 Å². The number of esters is 2. The van der Waals surface area contributed by atoms with Crippen LogP contribution in [-0.4, -0.2) is 47.0 Å². The van der Waals surface area contributed by atoms with Gasteiger partial charge in [-0.05, 0) is 49.7 Å². The quantitative estimate of drug-likeness (QED) is 0.597. The Kier molecular flexibility index (Phi) is 6.26. The van der Waals surface area contributed by atoms with E-state index in [0.717, 1.165) is 23.0 Å². The summed E-state index contributed by atoms with van der Waals surface area (Å²) in [7, 11) is 0. The van der Waals surface area contributed by atoms with Crippen molar-refractivity contribution < 1.29 is 28.2 Å². The number of nitrogens with zero attached hydrogens (tertiary/aromatic N) is 1. The molecule has 1 N–H and O–H groups in total. The standard InChI is InChI=1S/C25H23FN2O5/c1-3-32-24(30)19-14-28(23(29)15-9-11-16(26)12-10-15)21(25(31)33-4-2)13-18-17-7-5-6-8-20(17)27-22(18)19/h5-12,14,21,27H,3-4,13H2,1-2H3. The van der Waals surface area contributed by atoms with Crippen LogP contribution in [0.3, 0.4) is 0 Å². The van der Waals surface area contributed by atoms with Gasteiger partial charge in [0.25, 0.3) is 5.91 Å². The van der Waals surface area contributed by atoms with Crippen LogP contribution in [0, 0.1) is 5.82 Å². The summed E-state index contributed by atoms with van der Waals surface area (Å²) in [6, 6.07) is 11.4. The van der Waals surface area contributed by atoms with Crippen molar-refractivity contribution in [2.45, 2.75) is 26.3 Å². The van der Waals surface area contributed by atoms with Crippen LogP contribution in [0.2, 0.25) is 0 Å². The second-order valence-corrected chi connectivity index (χ2v) is 7.48. The maximum atomic E-state index is 13.4. The van der Waals surface area contributed by atoms with Gasteiger partial charge in [-0.1, -0.05) is 18.2 Å². The number of aromatic nitrogens is 1. The third-order valence-electron chi connectivity index (χ3n) is 5.46. The molecule has 1 atom stereocenters. The van der Waals surface area contributed by atoms with Gasteiger partial charge >= 0.3 is 11.9 Å². The molecule has 0 saturated carbocycles. The highest BCUT2D eigenvalue weighted by molar-refractivity contribution is 6.18. The Bertz CT molecular complexity index is 1250. The largest absolute Gasteiger partial charge is 0.464 e. The first kappa shape index (κ1) is 22.3. The average Bonchev–Trinajstić information content (AvgIpc) is 3.07. The molecule has 3 aromatic rings. The summed E-state index contributed by atoms with van der Waals surface area (Å²) in [6.07, 6.45) is 1.44. The fourth-order valence-electron chi connectivity index (χ4n) is 3.97. The van der Waals surface area contributed by atoms with E-state index in [1.165, 1.54) is 23.2 Å². The summed E-state index contributed by atoms with van der Waals surface area (Å²) < 4.78 is 23.9. The summed E-state index contributed by atoms with van der Waals surface area (Å²) in [5.74, 6) is -2.30. The van der Waals surface area contributed by atoms with Gasteiger partial charge in [-0.2, -0.15) is 0 Å². The molecule has 4 rings (SSSR count). The Balaban J connectivity index is 1.91. The molecule has 170 valence electrons. The molecule has 2 aromatic carbocycles. The van der Waals surface area contributed by atoms with Crippen molar-refractivity contribution in [3.63, 3.8) is 0 Å². The highest BCUT2D eigenvalue weighted by Gasteiger charge is 2.37. The summed E-state index contributed by atoms with van der Waals surface area (Å²) in [5.41, 5.74) is 2.26. The zero-order valence-corrected chi connectivity index (χ0v) is 18.3. The van der Waals surface area contributed by atoms with Crippen molar-refractivity contribution in [3.05, 3.63) is 77.4 Å². The van der Waals surface area contributed by atoms with Crippen LogP contribution in [-0.2, 0) is 25.5 Å². The van der Waals surface area contributed by atoms with E-state index in [1.54, 1.807) is 13.8 Å². The first-order chi connectivity index (χ1) is 15.9. The fourth-order valence-corrected chi connectivity index (χ4v) is 3.97. The molecule has 1 aliphatic heterocycles. The zero-order valence-electron chi connectivity index (χ0n) is 18.3. The first-order valence-corrected chi connectivity index (χ1v) is 10.7. The summed E-state index contributed by atoms with van der Waals surface area (Å²) in [5, 5.41) is 0.827. The van der Waals surface area contributed by atoms with Crippen LogP contribution in [0.1, 0.15) is 35.5 Å². The van der Waals surface area contributed by atoms with Crippen molar-refractivity contribution in [2.24, 2.45) is 0 Å². The topological polar surface area (TPSA) is 88.7 Å². The first-order valence-electron chi connectivity index (χ1n) is 10.7. The number of benzene rings is 2. The predicted molar refractivity (Wildman–Crippen MR) is 120 cm³/mol. The number of carbonyl (C=O) groups excluding carboxylic acids is 3. The molecule has 0 fully saturated rings. The molecular formula is C25H23FN2O5. The SMILES string of the molecule is CCOC(=O)C1=CN(C(=O)c2ccc(F)cc2)C(C(=O)OCC)Cc2c1[nH]c1ccccc21. The Morgan fingerprint density at radius 3 is 2.42 bits per heavy atom. The van der Waals surface area contributed by atoms with E-state index in [0.29, 0.717) is 11.3 Å². The highest BCUT2D eigenvalue weighted by Crippen LogP contribution is 2.34. The number of ether oxygens (including phenoxy) is 2. The minimum Gasteiger partial charge on any atom is -0.464 e. The molecule has 0 radical (unpaired) electrons. The molecule has 1 aromatic heterocycles. The van der Waals surface area contributed by atoms with Gasteiger partial charge in [0.05, 0.1) is 24.5 Å². The van der Waals surface area contributed by atoms with Crippen LogP contribution >= 0.6 is 0 Å². The van der Waals surface area contributed by atoms with Crippen molar-refractivity contribution in [2.75, 3.05) is 13.2 Å². The van der Waals surface area contributed by atoms with Gasteiger partial charge in [-0.3, -0.25) is 9.69 Å². The third-order valence-corrected chi connectivity index (χ3v) is 5.46. The molecule has 33 heavy (non-hydrogen) atoms. The molecule has 1 amide bonds. The molecule has 0 bridgehead atoms. The van der Waals surface area contributed by atoms with E-state index in [1.807, 2.05) is 24.3 Å². The van der Waals surface area contributed by atoms with E-state index in [2.05, 4.69) is 4.98 Å². The Morgan fingerprint density at radius 2 is 1.73 bits per heavy atom. The molecule has 7 nitrogen and oxygen atoms in total. The Labute approximate surface area is 189 Å². The van der Waals surface area contributed by atoms with E-state index in [4.69, 9.17) is 9.47 Å². The zero-order chi connectivity index (χ0) is 23.5. The number of halogens is 1. The number of hydrogen-bond acceptors (Lipinski definition) is 5. The number of para-hydroxylation sites is 1. The number of aromatic amines is 1. The third kappa shape index (κ3) is 4.24. The fraction of sp³-hybridized carbons (Fsp3) is 0.240. The van der Waals surface area contributed by atoms with E-state index in [-0.39, 0.29) is 30.8 Å². The summed E-state index contributed by atoms with van der Waals surface area (Å²) >= 11 is 0. The van der Waals surface area contributed by atoms with Crippen LogP contribution in [0.25, 0.3) is 16.5 Å². The lowest BCUT2D eigenvalue weighted by atomic mass is 10.0. The summed E-state index contributed by atoms with van der Waals surface area (Å²) in [4.78, 5) is 43.8. The van der Waals surface area contributed by atoms with Crippen LogP contribution < -0.4 is 0 Å². The number of nitrogens with one attached hydrogen (secondary N) is 1. The lowest BCUT2D eigenvalue weighted by Crippen LogP contribution is -2.43. The van der Waals surface area contributed by atoms with Gasteiger partial charge in [0, 0.05) is 29.1 Å². The second kappa shape index (κ2) is 9.28. The van der Waals surface area contributed by atoms with Crippen molar-refractivity contribution in [1.82, 2.24) is 9.88 Å². The molecule has 0 saturated heterocycles. The molecule has 2 heterocycles. The lowest BCUT2D eigenvalue weighted by Gasteiger charge is -2.26. The molecule has 8 heteroatoms. The molecule has 1 unspecified atom stereocenters. The van der Waals surface area contributed by atoms with Crippen LogP contribution in [0.15, 0.2) is 54.7 Å². The predicted octanol–water partition coefficient (Wildman–Crippen LogP) is 3.84. The number of fused-ring (bicyclic) bond motifs is 3. The van der Waals surface area contributed by atoms with Gasteiger partial charge in [0.1, 0.15) is 11.9 Å². The average molecular weight is 450 g/mol. The maximum Gasteiger partial charge on any atom is 0.341 e. The van der Waals surface area contributed by atoms with Gasteiger partial charge in [0.15, 0.2) is 0 Å². The number of carbonyl (C=O) groups is 3. The molecule has 0 aliphatic carbocycles. The van der Waals surface area contributed by atoms with Crippen molar-refractivity contribution in [1.29, 1.82) is 0 Å². The highest BCUT2D eigenvalue weighted by atomic mass is 19.1. The van der Waals surface area contributed by atoms with Gasteiger partial charge < -0.3 is 14.5 Å². The lowest BCUT2D eigenvalue weighted by molar-refractivity contribution is -0.147. The molecule has 0 spiro atoms. The molecule has 1 aliphatic rings. The van der Waals surface area contributed by atoms with Gasteiger partial charge in [-0.25, -0.2) is 14.0 Å².